The summed E-state index contributed by atoms with van der Waals surface area (Å²) < 4.78 is 0. The fraction of sp³-hybridized carbons (Fsp3) is 0.562. The summed E-state index contributed by atoms with van der Waals surface area (Å²) in [7, 11) is 0. The van der Waals surface area contributed by atoms with Gasteiger partial charge in [-0.2, -0.15) is 0 Å². The van der Waals surface area contributed by atoms with Crippen LogP contribution in [-0.2, 0) is 4.79 Å². The molecule has 3 heteroatoms. The van der Waals surface area contributed by atoms with Gasteiger partial charge in [-0.3, -0.25) is 4.79 Å². The van der Waals surface area contributed by atoms with E-state index < -0.39 is 5.60 Å². The van der Waals surface area contributed by atoms with E-state index in [1.807, 2.05) is 19.1 Å². The van der Waals surface area contributed by atoms with Crippen molar-refractivity contribution in [3.05, 3.63) is 35.4 Å². The van der Waals surface area contributed by atoms with Crippen LogP contribution >= 0.6 is 0 Å². The van der Waals surface area contributed by atoms with Crippen LogP contribution in [0.3, 0.4) is 0 Å². The Balaban J connectivity index is 1.89. The van der Waals surface area contributed by atoms with Crippen molar-refractivity contribution in [2.45, 2.75) is 45.1 Å². The average Bonchev–Trinajstić information content (AvgIpc) is 3.17. The largest absolute Gasteiger partial charge is 0.388 e. The Morgan fingerprint density at radius 2 is 2.16 bits per heavy atom. The van der Waals surface area contributed by atoms with Gasteiger partial charge in [-0.05, 0) is 43.7 Å². The van der Waals surface area contributed by atoms with E-state index in [4.69, 9.17) is 0 Å². The summed E-state index contributed by atoms with van der Waals surface area (Å²) in [5.74, 6) is 0.503. The van der Waals surface area contributed by atoms with E-state index >= 15 is 0 Å². The fourth-order valence-electron chi connectivity index (χ4n) is 2.36. The van der Waals surface area contributed by atoms with Crippen molar-refractivity contribution in [2.24, 2.45) is 5.92 Å². The van der Waals surface area contributed by atoms with Crippen LogP contribution in [0.25, 0.3) is 0 Å². The third-order valence-corrected chi connectivity index (χ3v) is 4.12. The quantitative estimate of drug-likeness (QED) is 0.855. The van der Waals surface area contributed by atoms with Crippen molar-refractivity contribution in [3.8, 4) is 0 Å². The normalized spacial score (nSPS) is 24.6. The zero-order valence-electron chi connectivity index (χ0n) is 11.9. The molecule has 1 amide bonds. The molecule has 0 aromatic heterocycles. The van der Waals surface area contributed by atoms with Crippen LogP contribution < -0.4 is 5.32 Å². The minimum absolute atomic E-state index is 0.0713. The first-order valence-corrected chi connectivity index (χ1v) is 7.00. The maximum atomic E-state index is 12.0. The zero-order chi connectivity index (χ0) is 14.0. The fourth-order valence-corrected chi connectivity index (χ4v) is 2.36. The van der Waals surface area contributed by atoms with E-state index in [9.17, 15) is 9.90 Å². The van der Waals surface area contributed by atoms with Gasteiger partial charge in [0, 0.05) is 12.5 Å². The predicted octanol–water partition coefficient (Wildman–Crippen LogP) is 2.38. The SMILES string of the molecule is CC[C@](C)(O)CNC(=O)[C@H]1C[C@@H]1c1ccccc1C. The number of rotatable bonds is 5. The number of hydrogen-bond donors (Lipinski definition) is 2. The van der Waals surface area contributed by atoms with Gasteiger partial charge in [0.1, 0.15) is 0 Å². The summed E-state index contributed by atoms with van der Waals surface area (Å²) in [6.07, 6.45) is 1.56. The molecule has 0 saturated heterocycles. The van der Waals surface area contributed by atoms with E-state index in [1.54, 1.807) is 6.92 Å². The molecule has 0 aliphatic heterocycles. The summed E-state index contributed by atoms with van der Waals surface area (Å²) in [5.41, 5.74) is 1.73. The standard InChI is InChI=1S/C16H23NO2/c1-4-16(3,19)10-17-15(18)14-9-13(14)12-8-6-5-7-11(12)2/h5-8,13-14,19H,4,9-10H2,1-3H3,(H,17,18)/t13-,14+,16+/m1/s1. The molecule has 1 aromatic carbocycles. The van der Waals surface area contributed by atoms with E-state index in [0.29, 0.717) is 18.9 Å². The maximum Gasteiger partial charge on any atom is 0.223 e. The van der Waals surface area contributed by atoms with Gasteiger partial charge in [-0.1, -0.05) is 31.2 Å². The second-order valence-corrected chi connectivity index (χ2v) is 5.87. The van der Waals surface area contributed by atoms with E-state index in [0.717, 1.165) is 6.42 Å². The Labute approximate surface area is 115 Å². The van der Waals surface area contributed by atoms with Crippen LogP contribution in [0.4, 0.5) is 0 Å². The zero-order valence-corrected chi connectivity index (χ0v) is 11.9. The molecular formula is C16H23NO2. The summed E-state index contributed by atoms with van der Waals surface area (Å²) in [6.45, 7) is 6.09. The molecule has 2 rings (SSSR count). The lowest BCUT2D eigenvalue weighted by Gasteiger charge is -2.21. The lowest BCUT2D eigenvalue weighted by atomic mass is 10.0. The van der Waals surface area contributed by atoms with Gasteiger partial charge in [0.2, 0.25) is 5.91 Å². The summed E-state index contributed by atoms with van der Waals surface area (Å²) in [4.78, 5) is 12.0. The third-order valence-electron chi connectivity index (χ3n) is 4.12. The Hall–Kier alpha value is -1.35. The van der Waals surface area contributed by atoms with Crippen LogP contribution in [0.1, 0.15) is 43.7 Å². The molecule has 19 heavy (non-hydrogen) atoms. The Morgan fingerprint density at radius 3 is 2.79 bits per heavy atom. The molecule has 1 aromatic rings. The van der Waals surface area contributed by atoms with Crippen molar-refractivity contribution in [3.63, 3.8) is 0 Å². The molecule has 1 aliphatic rings. The maximum absolute atomic E-state index is 12.0. The van der Waals surface area contributed by atoms with E-state index in [1.165, 1.54) is 11.1 Å². The molecule has 1 fully saturated rings. The Bertz CT molecular complexity index is 468. The van der Waals surface area contributed by atoms with Crippen molar-refractivity contribution >= 4 is 5.91 Å². The van der Waals surface area contributed by atoms with Crippen LogP contribution in [0, 0.1) is 12.8 Å². The van der Waals surface area contributed by atoms with Crippen molar-refractivity contribution in [1.29, 1.82) is 0 Å². The number of hydrogen-bond acceptors (Lipinski definition) is 2. The smallest absolute Gasteiger partial charge is 0.223 e. The molecular weight excluding hydrogens is 238 g/mol. The van der Waals surface area contributed by atoms with Crippen LogP contribution in [-0.4, -0.2) is 23.2 Å². The number of benzene rings is 1. The van der Waals surface area contributed by atoms with Crippen molar-refractivity contribution in [1.82, 2.24) is 5.32 Å². The van der Waals surface area contributed by atoms with Gasteiger partial charge in [0.25, 0.3) is 0 Å². The topological polar surface area (TPSA) is 49.3 Å². The molecule has 0 unspecified atom stereocenters. The average molecular weight is 261 g/mol. The van der Waals surface area contributed by atoms with Gasteiger partial charge in [0.15, 0.2) is 0 Å². The van der Waals surface area contributed by atoms with E-state index in [2.05, 4.69) is 24.4 Å². The monoisotopic (exact) mass is 261 g/mol. The van der Waals surface area contributed by atoms with Gasteiger partial charge < -0.3 is 10.4 Å². The highest BCUT2D eigenvalue weighted by Crippen LogP contribution is 2.48. The molecule has 1 aliphatic carbocycles. The minimum atomic E-state index is -0.803. The second kappa shape index (κ2) is 5.33. The lowest BCUT2D eigenvalue weighted by molar-refractivity contribution is -0.123. The van der Waals surface area contributed by atoms with Crippen LogP contribution in [0.2, 0.25) is 0 Å². The first kappa shape index (κ1) is 14.1. The summed E-state index contributed by atoms with van der Waals surface area (Å²) in [5, 5.41) is 12.8. The second-order valence-electron chi connectivity index (χ2n) is 5.87. The molecule has 104 valence electrons. The molecule has 3 atom stereocenters. The number of carbonyl (C=O) groups excluding carboxylic acids is 1. The molecule has 0 bridgehead atoms. The van der Waals surface area contributed by atoms with Crippen molar-refractivity contribution in [2.75, 3.05) is 6.54 Å². The van der Waals surface area contributed by atoms with Gasteiger partial charge >= 0.3 is 0 Å². The first-order chi connectivity index (χ1) is 8.94. The molecule has 2 N–H and O–H groups in total. The predicted molar refractivity (Wildman–Crippen MR) is 76.0 cm³/mol. The van der Waals surface area contributed by atoms with Crippen LogP contribution in [0.15, 0.2) is 24.3 Å². The highest BCUT2D eigenvalue weighted by Gasteiger charge is 2.44. The first-order valence-electron chi connectivity index (χ1n) is 7.00. The number of aryl methyl sites for hydroxylation is 1. The van der Waals surface area contributed by atoms with Gasteiger partial charge in [-0.25, -0.2) is 0 Å². The number of amides is 1. The molecule has 0 heterocycles. The summed E-state index contributed by atoms with van der Waals surface area (Å²) >= 11 is 0. The summed E-state index contributed by atoms with van der Waals surface area (Å²) in [6, 6.07) is 8.24. The highest BCUT2D eigenvalue weighted by atomic mass is 16.3. The van der Waals surface area contributed by atoms with Crippen molar-refractivity contribution < 1.29 is 9.90 Å². The number of nitrogens with one attached hydrogen (secondary N) is 1. The lowest BCUT2D eigenvalue weighted by Crippen LogP contribution is -2.40. The Morgan fingerprint density at radius 1 is 1.47 bits per heavy atom. The van der Waals surface area contributed by atoms with Crippen LogP contribution in [0.5, 0.6) is 0 Å². The third kappa shape index (κ3) is 3.35. The molecule has 0 radical (unpaired) electrons. The number of aliphatic hydroxyl groups is 1. The van der Waals surface area contributed by atoms with E-state index in [-0.39, 0.29) is 11.8 Å². The van der Waals surface area contributed by atoms with Gasteiger partial charge in [0.05, 0.1) is 5.60 Å². The molecule has 3 nitrogen and oxygen atoms in total. The highest BCUT2D eigenvalue weighted by molar-refractivity contribution is 5.83. The molecule has 1 saturated carbocycles. The Kier molecular flexibility index (Phi) is 3.95. The number of carbonyl (C=O) groups is 1. The molecule has 0 spiro atoms. The minimum Gasteiger partial charge on any atom is -0.388 e. The van der Waals surface area contributed by atoms with Gasteiger partial charge in [-0.15, -0.1) is 0 Å².